The van der Waals surface area contributed by atoms with Crippen LogP contribution in [0.4, 0.5) is 5.69 Å². The molecule has 0 radical (unpaired) electrons. The summed E-state index contributed by atoms with van der Waals surface area (Å²) in [6.07, 6.45) is 1.80. The van der Waals surface area contributed by atoms with E-state index in [4.69, 9.17) is 4.74 Å². The van der Waals surface area contributed by atoms with Crippen LogP contribution in [0.5, 0.6) is 5.75 Å². The summed E-state index contributed by atoms with van der Waals surface area (Å²) in [5.74, 6) is 0.546. The Bertz CT molecular complexity index is 1190. The third-order valence-corrected chi connectivity index (χ3v) is 6.37. The Labute approximate surface area is 182 Å². The fraction of sp³-hybridized carbons (Fsp3) is 0.208. The summed E-state index contributed by atoms with van der Waals surface area (Å²) in [5, 5.41) is 2.92. The Morgan fingerprint density at radius 1 is 1.00 bits per heavy atom. The molecule has 0 atom stereocenters. The van der Waals surface area contributed by atoms with E-state index in [1.165, 1.54) is 10.6 Å². The fourth-order valence-corrected chi connectivity index (χ4v) is 4.59. The SMILES string of the molecule is CS(=O)(=O)N1CCc2cc(C(=O)NCc3cccc(OCc4ccccc4)c3)ccc21. The molecule has 0 spiro atoms. The van der Waals surface area contributed by atoms with Crippen LogP contribution < -0.4 is 14.4 Å². The summed E-state index contributed by atoms with van der Waals surface area (Å²) < 4.78 is 31.0. The minimum atomic E-state index is -3.30. The van der Waals surface area contributed by atoms with Crippen LogP contribution in [-0.2, 0) is 29.6 Å². The molecule has 0 saturated heterocycles. The van der Waals surface area contributed by atoms with Crippen molar-refractivity contribution >= 4 is 21.6 Å². The number of benzene rings is 3. The summed E-state index contributed by atoms with van der Waals surface area (Å²) in [6.45, 7) is 1.26. The Kier molecular flexibility index (Phi) is 5.95. The van der Waals surface area contributed by atoms with E-state index in [2.05, 4.69) is 5.32 Å². The molecule has 6 nitrogen and oxygen atoms in total. The predicted molar refractivity (Wildman–Crippen MR) is 121 cm³/mol. The van der Waals surface area contributed by atoms with E-state index in [0.717, 1.165) is 22.4 Å². The van der Waals surface area contributed by atoms with Gasteiger partial charge in [-0.1, -0.05) is 42.5 Å². The monoisotopic (exact) mass is 436 g/mol. The zero-order valence-electron chi connectivity index (χ0n) is 17.2. The minimum Gasteiger partial charge on any atom is -0.489 e. The van der Waals surface area contributed by atoms with Crippen molar-refractivity contribution in [3.05, 3.63) is 95.1 Å². The van der Waals surface area contributed by atoms with Gasteiger partial charge >= 0.3 is 0 Å². The van der Waals surface area contributed by atoms with Crippen LogP contribution in [0, 0.1) is 0 Å². The average Bonchev–Trinajstić information content (AvgIpc) is 3.21. The van der Waals surface area contributed by atoms with Gasteiger partial charge in [0.05, 0.1) is 11.9 Å². The maximum atomic E-state index is 12.6. The van der Waals surface area contributed by atoms with Crippen LogP contribution in [-0.4, -0.2) is 27.1 Å². The molecule has 0 fully saturated rings. The minimum absolute atomic E-state index is 0.198. The number of anilines is 1. The molecule has 1 N–H and O–H groups in total. The number of amides is 1. The van der Waals surface area contributed by atoms with Crippen LogP contribution in [0.15, 0.2) is 72.8 Å². The van der Waals surface area contributed by atoms with E-state index in [0.29, 0.717) is 37.4 Å². The van der Waals surface area contributed by atoms with Crippen molar-refractivity contribution in [1.29, 1.82) is 0 Å². The van der Waals surface area contributed by atoms with Gasteiger partial charge in [0.1, 0.15) is 12.4 Å². The number of hydrogen-bond donors (Lipinski definition) is 1. The van der Waals surface area contributed by atoms with E-state index < -0.39 is 10.0 Å². The molecular formula is C24H24N2O4S. The Balaban J connectivity index is 1.37. The largest absolute Gasteiger partial charge is 0.489 e. The molecule has 0 unspecified atom stereocenters. The first-order valence-electron chi connectivity index (χ1n) is 10.0. The van der Waals surface area contributed by atoms with Crippen LogP contribution in [0.25, 0.3) is 0 Å². The van der Waals surface area contributed by atoms with Crippen LogP contribution in [0.1, 0.15) is 27.0 Å². The number of carbonyl (C=O) groups is 1. The van der Waals surface area contributed by atoms with Gasteiger partial charge in [0.25, 0.3) is 5.91 Å². The summed E-state index contributed by atoms with van der Waals surface area (Å²) >= 11 is 0. The molecule has 4 rings (SSSR count). The second kappa shape index (κ2) is 8.81. The van der Waals surface area contributed by atoms with E-state index in [-0.39, 0.29) is 5.91 Å². The number of rotatable bonds is 7. The first kappa shape index (κ1) is 20.9. The highest BCUT2D eigenvalue weighted by molar-refractivity contribution is 7.92. The van der Waals surface area contributed by atoms with E-state index in [1.54, 1.807) is 18.2 Å². The molecule has 3 aromatic carbocycles. The average molecular weight is 437 g/mol. The standard InChI is InChI=1S/C24H24N2O4S/c1-31(28,29)26-13-12-20-15-21(10-11-23(20)26)24(27)25-16-19-8-5-9-22(14-19)30-17-18-6-3-2-4-7-18/h2-11,14-15H,12-13,16-17H2,1H3,(H,25,27). The van der Waals surface area contributed by atoms with Crippen molar-refractivity contribution < 1.29 is 17.9 Å². The van der Waals surface area contributed by atoms with Gasteiger partial charge in [0.15, 0.2) is 0 Å². The van der Waals surface area contributed by atoms with Crippen LogP contribution in [0.2, 0.25) is 0 Å². The van der Waals surface area contributed by atoms with Crippen molar-refractivity contribution in [2.75, 3.05) is 17.1 Å². The first-order valence-corrected chi connectivity index (χ1v) is 11.9. The normalized spacial score (nSPS) is 13.0. The van der Waals surface area contributed by atoms with Gasteiger partial charge in [-0.15, -0.1) is 0 Å². The smallest absolute Gasteiger partial charge is 0.251 e. The molecule has 3 aromatic rings. The van der Waals surface area contributed by atoms with Crippen molar-refractivity contribution in [3.8, 4) is 5.75 Å². The highest BCUT2D eigenvalue weighted by Gasteiger charge is 2.26. The summed E-state index contributed by atoms with van der Waals surface area (Å²) in [5.41, 5.74) is 4.07. The Morgan fingerprint density at radius 3 is 2.55 bits per heavy atom. The first-order chi connectivity index (χ1) is 14.9. The number of nitrogens with zero attached hydrogens (tertiary/aromatic N) is 1. The van der Waals surface area contributed by atoms with Crippen molar-refractivity contribution in [3.63, 3.8) is 0 Å². The van der Waals surface area contributed by atoms with E-state index in [9.17, 15) is 13.2 Å². The highest BCUT2D eigenvalue weighted by Crippen LogP contribution is 2.30. The number of sulfonamides is 1. The number of ether oxygens (including phenoxy) is 1. The van der Waals surface area contributed by atoms with Gasteiger partial charge in [0, 0.05) is 18.7 Å². The van der Waals surface area contributed by atoms with Crippen molar-refractivity contribution in [1.82, 2.24) is 5.32 Å². The molecule has 160 valence electrons. The van der Waals surface area contributed by atoms with E-state index in [1.807, 2.05) is 54.6 Å². The zero-order chi connectivity index (χ0) is 21.8. The van der Waals surface area contributed by atoms with Gasteiger partial charge < -0.3 is 10.1 Å². The quantitative estimate of drug-likeness (QED) is 0.615. The Hall–Kier alpha value is -3.32. The third kappa shape index (κ3) is 5.06. The molecule has 1 amide bonds. The topological polar surface area (TPSA) is 75.7 Å². The third-order valence-electron chi connectivity index (χ3n) is 5.19. The molecule has 7 heteroatoms. The number of hydrogen-bond acceptors (Lipinski definition) is 4. The maximum Gasteiger partial charge on any atom is 0.251 e. The number of carbonyl (C=O) groups excluding carboxylic acids is 1. The Morgan fingerprint density at radius 2 is 1.77 bits per heavy atom. The highest BCUT2D eigenvalue weighted by atomic mass is 32.2. The van der Waals surface area contributed by atoms with E-state index >= 15 is 0 Å². The molecule has 1 aliphatic rings. The van der Waals surface area contributed by atoms with Crippen LogP contribution in [0.3, 0.4) is 0 Å². The summed E-state index contributed by atoms with van der Waals surface area (Å²) in [6, 6.07) is 22.7. The second-order valence-electron chi connectivity index (χ2n) is 7.53. The van der Waals surface area contributed by atoms with Crippen molar-refractivity contribution in [2.24, 2.45) is 0 Å². The molecule has 0 bridgehead atoms. The van der Waals surface area contributed by atoms with Gasteiger partial charge in [-0.3, -0.25) is 9.10 Å². The van der Waals surface area contributed by atoms with Crippen LogP contribution >= 0.6 is 0 Å². The molecule has 0 aliphatic carbocycles. The summed E-state index contributed by atoms with van der Waals surface area (Å²) in [4.78, 5) is 12.6. The van der Waals surface area contributed by atoms with Gasteiger partial charge in [0.2, 0.25) is 10.0 Å². The molecule has 0 saturated carbocycles. The van der Waals surface area contributed by atoms with Crippen molar-refractivity contribution in [2.45, 2.75) is 19.6 Å². The lowest BCUT2D eigenvalue weighted by atomic mass is 10.1. The van der Waals surface area contributed by atoms with Gasteiger partial charge in [-0.25, -0.2) is 8.42 Å². The lowest BCUT2D eigenvalue weighted by Crippen LogP contribution is -2.27. The summed E-state index contributed by atoms with van der Waals surface area (Å²) in [7, 11) is -3.30. The van der Waals surface area contributed by atoms with Gasteiger partial charge in [-0.05, 0) is 53.4 Å². The lowest BCUT2D eigenvalue weighted by molar-refractivity contribution is 0.0950. The molecule has 1 heterocycles. The molecular weight excluding hydrogens is 412 g/mol. The second-order valence-corrected chi connectivity index (χ2v) is 9.44. The molecule has 31 heavy (non-hydrogen) atoms. The predicted octanol–water partition coefficient (Wildman–Crippen LogP) is 3.52. The molecule has 0 aromatic heterocycles. The van der Waals surface area contributed by atoms with Gasteiger partial charge in [-0.2, -0.15) is 0 Å². The zero-order valence-corrected chi connectivity index (χ0v) is 18.1. The lowest BCUT2D eigenvalue weighted by Gasteiger charge is -2.16. The fourth-order valence-electron chi connectivity index (χ4n) is 3.63. The number of fused-ring (bicyclic) bond motifs is 1. The number of nitrogens with one attached hydrogen (secondary N) is 1. The molecule has 1 aliphatic heterocycles. The maximum absolute atomic E-state index is 12.6.